The fourth-order valence-electron chi connectivity index (χ4n) is 2.68. The highest BCUT2D eigenvalue weighted by Gasteiger charge is 2.11. The van der Waals surface area contributed by atoms with E-state index in [1.807, 2.05) is 67.6 Å². The van der Waals surface area contributed by atoms with Crippen LogP contribution in [0.5, 0.6) is 17.2 Å². The summed E-state index contributed by atoms with van der Waals surface area (Å²) >= 11 is 8.29. The Hall–Kier alpha value is -2.25. The average molecular weight is 522 g/mol. The van der Waals surface area contributed by atoms with Crippen LogP contribution in [0.4, 0.5) is 5.69 Å². The van der Waals surface area contributed by atoms with Gasteiger partial charge < -0.3 is 14.2 Å². The molecule has 0 unspecified atom stereocenters. The lowest BCUT2D eigenvalue weighted by Gasteiger charge is -2.13. The number of methoxy groups -OCH3 is 1. The molecule has 6 heteroatoms. The summed E-state index contributed by atoms with van der Waals surface area (Å²) < 4.78 is 17.9. The Morgan fingerprint density at radius 1 is 1.03 bits per heavy atom. The third-order valence-electron chi connectivity index (χ3n) is 4.03. The first kappa shape index (κ1) is 21.5. The lowest BCUT2D eigenvalue weighted by molar-refractivity contribution is 0.282. The van der Waals surface area contributed by atoms with Crippen molar-refractivity contribution in [3.05, 3.63) is 80.4 Å². The van der Waals surface area contributed by atoms with Crippen LogP contribution < -0.4 is 14.2 Å². The van der Waals surface area contributed by atoms with Crippen LogP contribution in [0.2, 0.25) is 5.02 Å². The van der Waals surface area contributed by atoms with Gasteiger partial charge in [0.15, 0.2) is 11.5 Å². The molecule has 0 aliphatic carbocycles. The topological polar surface area (TPSA) is 40.0 Å². The maximum Gasteiger partial charge on any atom is 0.174 e. The second-order valence-electron chi connectivity index (χ2n) is 6.14. The molecule has 0 spiro atoms. The molecule has 0 radical (unpaired) electrons. The Morgan fingerprint density at radius 2 is 1.83 bits per heavy atom. The second-order valence-corrected chi connectivity index (χ2v) is 7.74. The van der Waals surface area contributed by atoms with Crippen LogP contribution in [0.3, 0.4) is 0 Å². The van der Waals surface area contributed by atoms with E-state index < -0.39 is 0 Å². The van der Waals surface area contributed by atoms with E-state index >= 15 is 0 Å². The van der Waals surface area contributed by atoms with E-state index in [1.165, 1.54) is 0 Å². The van der Waals surface area contributed by atoms with Crippen molar-refractivity contribution in [1.82, 2.24) is 0 Å². The third-order valence-corrected chi connectivity index (χ3v) is 5.07. The molecule has 0 N–H and O–H groups in total. The summed E-state index contributed by atoms with van der Waals surface area (Å²) in [6, 6.07) is 19.2. The van der Waals surface area contributed by atoms with Gasteiger partial charge in [0.2, 0.25) is 0 Å². The highest BCUT2D eigenvalue weighted by atomic mass is 127. The largest absolute Gasteiger partial charge is 0.494 e. The van der Waals surface area contributed by atoms with Crippen LogP contribution in [-0.4, -0.2) is 19.9 Å². The summed E-state index contributed by atoms with van der Waals surface area (Å²) in [5.41, 5.74) is 2.77. The molecule has 3 rings (SSSR count). The van der Waals surface area contributed by atoms with E-state index in [1.54, 1.807) is 13.3 Å². The molecule has 0 aliphatic heterocycles. The minimum Gasteiger partial charge on any atom is -0.494 e. The summed E-state index contributed by atoms with van der Waals surface area (Å²) in [4.78, 5) is 4.53. The minimum atomic E-state index is 0.409. The van der Waals surface area contributed by atoms with Gasteiger partial charge in [-0.1, -0.05) is 23.7 Å². The monoisotopic (exact) mass is 521 g/mol. The van der Waals surface area contributed by atoms with Gasteiger partial charge in [-0.25, -0.2) is 0 Å². The van der Waals surface area contributed by atoms with Gasteiger partial charge in [-0.15, -0.1) is 0 Å². The number of benzene rings is 3. The molecular weight excluding hydrogens is 501 g/mol. The Morgan fingerprint density at radius 3 is 2.52 bits per heavy atom. The summed E-state index contributed by atoms with van der Waals surface area (Å²) in [6.07, 6.45) is 1.81. The SMILES string of the molecule is CCOc1ccc(N=Cc2cc(I)c(OCc3cccc(Cl)c3)c(OC)c2)cc1. The zero-order valence-corrected chi connectivity index (χ0v) is 19.1. The molecule has 0 aromatic heterocycles. The van der Waals surface area contributed by atoms with Crippen LogP contribution in [0.15, 0.2) is 65.7 Å². The highest BCUT2D eigenvalue weighted by Crippen LogP contribution is 2.34. The Labute approximate surface area is 189 Å². The second kappa shape index (κ2) is 10.5. The summed E-state index contributed by atoms with van der Waals surface area (Å²) in [6.45, 7) is 3.02. The van der Waals surface area contributed by atoms with Crippen LogP contribution in [0.1, 0.15) is 18.1 Å². The van der Waals surface area contributed by atoms with Crippen molar-refractivity contribution in [3.63, 3.8) is 0 Å². The van der Waals surface area contributed by atoms with Crippen LogP contribution in [0, 0.1) is 3.57 Å². The molecule has 0 heterocycles. The van der Waals surface area contributed by atoms with Crippen molar-refractivity contribution in [2.75, 3.05) is 13.7 Å². The quantitative estimate of drug-likeness (QED) is 0.245. The van der Waals surface area contributed by atoms with E-state index in [2.05, 4.69) is 27.6 Å². The average Bonchev–Trinajstić information content (AvgIpc) is 2.72. The van der Waals surface area contributed by atoms with Crippen molar-refractivity contribution in [1.29, 1.82) is 0 Å². The molecule has 4 nitrogen and oxygen atoms in total. The number of rotatable bonds is 8. The molecule has 0 fully saturated rings. The summed E-state index contributed by atoms with van der Waals surface area (Å²) in [5.74, 6) is 2.20. The molecule has 29 heavy (non-hydrogen) atoms. The van der Waals surface area contributed by atoms with E-state index in [0.29, 0.717) is 29.7 Å². The van der Waals surface area contributed by atoms with Gasteiger partial charge in [0.1, 0.15) is 12.4 Å². The molecule has 3 aromatic carbocycles. The van der Waals surface area contributed by atoms with Crippen LogP contribution in [-0.2, 0) is 6.61 Å². The molecule has 0 saturated carbocycles. The standard InChI is InChI=1S/C23H21ClINO3/c1-3-28-20-9-7-19(8-10-20)26-14-17-12-21(25)23(22(13-17)27-2)29-15-16-5-4-6-18(24)11-16/h4-14H,3,15H2,1-2H3. The predicted molar refractivity (Wildman–Crippen MR) is 126 cm³/mol. The van der Waals surface area contributed by atoms with Crippen molar-refractivity contribution in [2.45, 2.75) is 13.5 Å². The zero-order chi connectivity index (χ0) is 20.6. The Bertz CT molecular complexity index is 990. The van der Waals surface area contributed by atoms with Crippen molar-refractivity contribution < 1.29 is 14.2 Å². The predicted octanol–water partition coefficient (Wildman–Crippen LogP) is 6.68. The first-order valence-corrected chi connectivity index (χ1v) is 10.6. The number of nitrogens with zero attached hydrogens (tertiary/aromatic N) is 1. The fourth-order valence-corrected chi connectivity index (χ4v) is 3.67. The molecule has 0 bridgehead atoms. The number of hydrogen-bond acceptors (Lipinski definition) is 4. The van der Waals surface area contributed by atoms with Gasteiger partial charge in [0.25, 0.3) is 0 Å². The lowest BCUT2D eigenvalue weighted by atomic mass is 10.2. The van der Waals surface area contributed by atoms with E-state index in [4.69, 9.17) is 25.8 Å². The molecule has 3 aromatic rings. The van der Waals surface area contributed by atoms with E-state index in [0.717, 1.165) is 26.1 Å². The fraction of sp³-hybridized carbons (Fsp3) is 0.174. The van der Waals surface area contributed by atoms with Crippen LogP contribution in [0.25, 0.3) is 0 Å². The number of hydrogen-bond donors (Lipinski definition) is 0. The van der Waals surface area contributed by atoms with Gasteiger partial charge in [-0.05, 0) is 89.2 Å². The van der Waals surface area contributed by atoms with Gasteiger partial charge >= 0.3 is 0 Å². The van der Waals surface area contributed by atoms with Gasteiger partial charge in [-0.2, -0.15) is 0 Å². The van der Waals surface area contributed by atoms with Gasteiger partial charge in [-0.3, -0.25) is 4.99 Å². The van der Waals surface area contributed by atoms with Crippen molar-refractivity contribution in [2.24, 2.45) is 4.99 Å². The number of halogens is 2. The number of aliphatic imine (C=N–C) groups is 1. The molecular formula is C23H21ClINO3. The third kappa shape index (κ3) is 6.11. The molecule has 0 saturated heterocycles. The maximum atomic E-state index is 6.04. The van der Waals surface area contributed by atoms with Crippen molar-refractivity contribution >= 4 is 46.1 Å². The Kier molecular flexibility index (Phi) is 7.77. The van der Waals surface area contributed by atoms with Gasteiger partial charge in [0, 0.05) is 11.2 Å². The molecule has 0 atom stereocenters. The number of ether oxygens (including phenoxy) is 3. The normalized spacial score (nSPS) is 10.9. The molecule has 0 aliphatic rings. The highest BCUT2D eigenvalue weighted by molar-refractivity contribution is 14.1. The maximum absolute atomic E-state index is 6.04. The van der Waals surface area contributed by atoms with Crippen molar-refractivity contribution in [3.8, 4) is 17.2 Å². The van der Waals surface area contributed by atoms with E-state index in [9.17, 15) is 0 Å². The van der Waals surface area contributed by atoms with Crippen LogP contribution >= 0.6 is 34.2 Å². The first-order chi connectivity index (χ1) is 14.1. The smallest absolute Gasteiger partial charge is 0.174 e. The van der Waals surface area contributed by atoms with E-state index in [-0.39, 0.29) is 0 Å². The lowest BCUT2D eigenvalue weighted by Crippen LogP contribution is -2.00. The summed E-state index contributed by atoms with van der Waals surface area (Å²) in [7, 11) is 1.63. The molecule has 150 valence electrons. The van der Waals surface area contributed by atoms with Gasteiger partial charge in [0.05, 0.1) is 23.0 Å². The first-order valence-electron chi connectivity index (χ1n) is 9.10. The molecule has 0 amide bonds. The Balaban J connectivity index is 1.75. The minimum absolute atomic E-state index is 0.409. The summed E-state index contributed by atoms with van der Waals surface area (Å²) in [5, 5.41) is 0.689. The zero-order valence-electron chi connectivity index (χ0n) is 16.2.